The number of para-hydroxylation sites is 1. The number of nitrogens with two attached hydrogens (primary N) is 1. The maximum Gasteiger partial charge on any atom is 0.263 e. The molecule has 104 valence electrons. The number of rotatable bonds is 2. The van der Waals surface area contributed by atoms with Crippen molar-refractivity contribution in [3.05, 3.63) is 36.7 Å². The highest BCUT2D eigenvalue weighted by Gasteiger charge is 2.18. The second-order valence-corrected chi connectivity index (χ2v) is 4.64. The zero-order valence-corrected chi connectivity index (χ0v) is 11.1. The Kier molecular flexibility index (Phi) is 2.34. The van der Waals surface area contributed by atoms with Gasteiger partial charge in [-0.25, -0.2) is 0 Å². The number of benzene rings is 1. The van der Waals surface area contributed by atoms with Crippen molar-refractivity contribution in [1.82, 2.24) is 19.9 Å². The van der Waals surface area contributed by atoms with Gasteiger partial charge in [-0.1, -0.05) is 23.4 Å². The van der Waals surface area contributed by atoms with E-state index in [4.69, 9.17) is 14.7 Å². The van der Waals surface area contributed by atoms with Crippen LogP contribution in [0.1, 0.15) is 0 Å². The molecule has 4 aromatic rings. The molecule has 0 radical (unpaired) electrons. The SMILES string of the molecule is Cn1ncc(-c2nc(-c3coc4ccccc34)no2)c1N. The first-order valence-corrected chi connectivity index (χ1v) is 6.32. The molecule has 0 unspecified atom stereocenters. The highest BCUT2D eigenvalue weighted by Crippen LogP contribution is 2.31. The molecule has 1 aromatic carbocycles. The van der Waals surface area contributed by atoms with Gasteiger partial charge in [0.05, 0.1) is 11.8 Å². The summed E-state index contributed by atoms with van der Waals surface area (Å²) in [6, 6.07) is 7.68. The summed E-state index contributed by atoms with van der Waals surface area (Å²) >= 11 is 0. The lowest BCUT2D eigenvalue weighted by molar-refractivity contribution is 0.432. The minimum absolute atomic E-state index is 0.334. The summed E-state index contributed by atoms with van der Waals surface area (Å²) in [5, 5.41) is 8.99. The number of nitrogens with zero attached hydrogens (tertiary/aromatic N) is 4. The van der Waals surface area contributed by atoms with Crippen LogP contribution in [-0.4, -0.2) is 19.9 Å². The van der Waals surface area contributed by atoms with Crippen LogP contribution in [0.25, 0.3) is 33.8 Å². The maximum atomic E-state index is 5.91. The largest absolute Gasteiger partial charge is 0.464 e. The number of aromatic nitrogens is 4. The van der Waals surface area contributed by atoms with Crippen molar-refractivity contribution in [3.63, 3.8) is 0 Å². The van der Waals surface area contributed by atoms with Gasteiger partial charge >= 0.3 is 0 Å². The van der Waals surface area contributed by atoms with Crippen LogP contribution in [0.5, 0.6) is 0 Å². The molecule has 0 spiro atoms. The van der Waals surface area contributed by atoms with E-state index in [2.05, 4.69) is 15.2 Å². The van der Waals surface area contributed by atoms with Gasteiger partial charge in [0.15, 0.2) is 0 Å². The fraction of sp³-hybridized carbons (Fsp3) is 0.0714. The van der Waals surface area contributed by atoms with Crippen molar-refractivity contribution >= 4 is 16.8 Å². The van der Waals surface area contributed by atoms with Gasteiger partial charge in [0.2, 0.25) is 5.82 Å². The van der Waals surface area contributed by atoms with Crippen molar-refractivity contribution in [1.29, 1.82) is 0 Å². The minimum Gasteiger partial charge on any atom is -0.464 e. The predicted molar refractivity (Wildman–Crippen MR) is 76.1 cm³/mol. The van der Waals surface area contributed by atoms with Crippen molar-refractivity contribution in [2.45, 2.75) is 0 Å². The molecule has 3 aromatic heterocycles. The van der Waals surface area contributed by atoms with E-state index in [1.54, 1.807) is 24.2 Å². The van der Waals surface area contributed by atoms with Gasteiger partial charge in [-0.05, 0) is 6.07 Å². The predicted octanol–water partition coefficient (Wildman–Crippen LogP) is 2.47. The fourth-order valence-electron chi connectivity index (χ4n) is 2.21. The Balaban J connectivity index is 1.83. The Labute approximate surface area is 119 Å². The molecule has 0 aliphatic rings. The number of fused-ring (bicyclic) bond motifs is 1. The second-order valence-electron chi connectivity index (χ2n) is 4.64. The molecule has 0 aliphatic heterocycles. The van der Waals surface area contributed by atoms with Crippen molar-refractivity contribution < 1.29 is 8.94 Å². The molecule has 0 fully saturated rings. The molecule has 7 heteroatoms. The van der Waals surface area contributed by atoms with E-state index in [-0.39, 0.29) is 0 Å². The Bertz CT molecular complexity index is 934. The van der Waals surface area contributed by atoms with Crippen LogP contribution in [-0.2, 0) is 7.05 Å². The molecule has 2 N–H and O–H groups in total. The minimum atomic E-state index is 0.334. The topological polar surface area (TPSA) is 95.9 Å². The van der Waals surface area contributed by atoms with Crippen molar-refractivity contribution in [2.75, 3.05) is 5.73 Å². The molecule has 0 saturated heterocycles. The zero-order valence-electron chi connectivity index (χ0n) is 11.1. The van der Waals surface area contributed by atoms with E-state index in [1.807, 2.05) is 24.3 Å². The van der Waals surface area contributed by atoms with Crippen LogP contribution in [0.2, 0.25) is 0 Å². The molecule has 0 aliphatic carbocycles. The van der Waals surface area contributed by atoms with Gasteiger partial charge in [0.1, 0.15) is 23.2 Å². The lowest BCUT2D eigenvalue weighted by Gasteiger charge is -1.93. The van der Waals surface area contributed by atoms with Crippen LogP contribution < -0.4 is 5.73 Å². The number of hydrogen-bond acceptors (Lipinski definition) is 6. The number of hydrogen-bond donors (Lipinski definition) is 1. The quantitative estimate of drug-likeness (QED) is 0.606. The van der Waals surface area contributed by atoms with Crippen LogP contribution in [0, 0.1) is 0 Å². The molecule has 4 rings (SSSR count). The van der Waals surface area contributed by atoms with Gasteiger partial charge in [0, 0.05) is 12.4 Å². The molecule has 3 heterocycles. The molecule has 0 saturated carbocycles. The van der Waals surface area contributed by atoms with Crippen LogP contribution in [0.3, 0.4) is 0 Å². The smallest absolute Gasteiger partial charge is 0.263 e. The van der Waals surface area contributed by atoms with E-state index in [0.717, 1.165) is 16.5 Å². The lowest BCUT2D eigenvalue weighted by Crippen LogP contribution is -1.98. The number of nitrogen functional groups attached to an aromatic ring is 1. The third-order valence-corrected chi connectivity index (χ3v) is 3.36. The van der Waals surface area contributed by atoms with E-state index in [1.165, 1.54) is 0 Å². The Morgan fingerprint density at radius 2 is 2.05 bits per heavy atom. The zero-order chi connectivity index (χ0) is 14.4. The number of anilines is 1. The molecule has 0 bridgehead atoms. The third kappa shape index (κ3) is 1.71. The Morgan fingerprint density at radius 1 is 1.19 bits per heavy atom. The first-order chi connectivity index (χ1) is 10.2. The van der Waals surface area contributed by atoms with Crippen LogP contribution in [0.15, 0.2) is 45.7 Å². The van der Waals surface area contributed by atoms with E-state index >= 15 is 0 Å². The summed E-state index contributed by atoms with van der Waals surface area (Å²) in [5.74, 6) is 1.27. The molecule has 21 heavy (non-hydrogen) atoms. The molecular formula is C14H11N5O2. The van der Waals surface area contributed by atoms with Gasteiger partial charge in [-0.15, -0.1) is 0 Å². The summed E-state index contributed by atoms with van der Waals surface area (Å²) < 4.78 is 12.3. The number of furan rings is 1. The first kappa shape index (κ1) is 11.7. The summed E-state index contributed by atoms with van der Waals surface area (Å²) in [4.78, 5) is 4.38. The molecule has 0 amide bonds. The van der Waals surface area contributed by atoms with E-state index < -0.39 is 0 Å². The first-order valence-electron chi connectivity index (χ1n) is 6.32. The summed E-state index contributed by atoms with van der Waals surface area (Å²) in [6.45, 7) is 0. The molecule has 0 atom stereocenters. The lowest BCUT2D eigenvalue weighted by atomic mass is 10.2. The van der Waals surface area contributed by atoms with Gasteiger partial charge < -0.3 is 14.7 Å². The van der Waals surface area contributed by atoms with Gasteiger partial charge in [-0.3, -0.25) is 4.68 Å². The van der Waals surface area contributed by atoms with Gasteiger partial charge in [-0.2, -0.15) is 10.1 Å². The van der Waals surface area contributed by atoms with Gasteiger partial charge in [0.25, 0.3) is 5.89 Å². The normalized spacial score (nSPS) is 11.3. The highest BCUT2D eigenvalue weighted by atomic mass is 16.5. The standard InChI is InChI=1S/C14H11N5O2/c1-19-12(15)9(6-16-19)14-17-13(18-21-14)10-7-20-11-5-3-2-4-8(10)11/h2-7H,15H2,1H3. The average molecular weight is 281 g/mol. The second kappa shape index (κ2) is 4.20. The molecular weight excluding hydrogens is 270 g/mol. The van der Waals surface area contributed by atoms with Crippen molar-refractivity contribution in [2.24, 2.45) is 7.05 Å². The van der Waals surface area contributed by atoms with Crippen LogP contribution >= 0.6 is 0 Å². The van der Waals surface area contributed by atoms with Crippen molar-refractivity contribution in [3.8, 4) is 22.8 Å². The molecule has 7 nitrogen and oxygen atoms in total. The maximum absolute atomic E-state index is 5.91. The summed E-state index contributed by atoms with van der Waals surface area (Å²) in [6.07, 6.45) is 3.21. The van der Waals surface area contributed by atoms with E-state index in [9.17, 15) is 0 Å². The third-order valence-electron chi connectivity index (χ3n) is 3.36. The Morgan fingerprint density at radius 3 is 2.86 bits per heavy atom. The monoisotopic (exact) mass is 281 g/mol. The fourth-order valence-corrected chi connectivity index (χ4v) is 2.21. The summed E-state index contributed by atoms with van der Waals surface area (Å²) in [7, 11) is 1.75. The van der Waals surface area contributed by atoms with Crippen LogP contribution in [0.4, 0.5) is 5.82 Å². The highest BCUT2D eigenvalue weighted by molar-refractivity contribution is 5.92. The summed E-state index contributed by atoms with van der Waals surface area (Å²) in [5.41, 5.74) is 8.08. The number of aryl methyl sites for hydroxylation is 1. The Hall–Kier alpha value is -3.09. The van der Waals surface area contributed by atoms with E-state index in [0.29, 0.717) is 23.1 Å². The average Bonchev–Trinajstić information content (AvgIpc) is 3.19.